The zero-order chi connectivity index (χ0) is 33.6. The van der Waals surface area contributed by atoms with E-state index in [1.165, 1.54) is 47.8 Å². The lowest BCUT2D eigenvalue weighted by Crippen LogP contribution is -2.71. The van der Waals surface area contributed by atoms with Gasteiger partial charge in [0.1, 0.15) is 29.9 Å². The largest absolute Gasteiger partial charge is 0.481 e. The number of aromatic nitrogens is 4. The molecule has 45 heavy (non-hydrogen) atoms. The number of carbonyl (C=O) groups is 5. The number of nitrogens with two attached hydrogens (primary N) is 1. The van der Waals surface area contributed by atoms with Crippen LogP contribution in [0.2, 0.25) is 0 Å². The van der Waals surface area contributed by atoms with Crippen LogP contribution in [-0.2, 0) is 35.3 Å². The third kappa shape index (κ3) is 8.11. The minimum atomic E-state index is -1.27. The average Bonchev–Trinajstić information content (AvgIpc) is 3.61. The molecule has 17 nitrogen and oxygen atoms in total. The second kappa shape index (κ2) is 14.7. The van der Waals surface area contributed by atoms with E-state index in [9.17, 15) is 29.1 Å². The predicted octanol–water partition coefficient (Wildman–Crippen LogP) is 1.12. The highest BCUT2D eigenvalue weighted by Crippen LogP contribution is 2.41. The van der Waals surface area contributed by atoms with Crippen molar-refractivity contribution in [1.29, 1.82) is 0 Å². The smallest absolute Gasteiger partial charge is 0.377 e. The number of amides is 2. The number of nitrogens with zero attached hydrogens (tertiary/aromatic N) is 6. The standard InChI is InChI=1S/C20H22N8O7S3.C5H10O2/c1-4-27-20(24-13(25-27)18(33)34-2)38-6-8-5-36-16-11(15(30)28(16)12(8)17(31)32)23-14(29)10(26-35-3)9-7-37-19(21)22-9;1-5(2,3)4(6)7/h7,11,16H,4-6H2,1-3H3,(H2,21,22)(H,23,29)(H,31,32);1-3H3,(H,6,7)/t11-,16-;/m1./s1. The van der Waals surface area contributed by atoms with Gasteiger partial charge < -0.3 is 30.8 Å². The maximum atomic E-state index is 13.0. The van der Waals surface area contributed by atoms with E-state index in [2.05, 4.69) is 30.3 Å². The van der Waals surface area contributed by atoms with Crippen LogP contribution in [0.1, 0.15) is 44.0 Å². The molecule has 2 aromatic rings. The molecule has 2 aliphatic rings. The summed E-state index contributed by atoms with van der Waals surface area (Å²) in [7, 11) is 2.49. The Hall–Kier alpha value is -4.17. The molecule has 1 fully saturated rings. The van der Waals surface area contributed by atoms with Crippen molar-refractivity contribution in [3.05, 3.63) is 28.2 Å². The first-order valence-electron chi connectivity index (χ1n) is 13.1. The van der Waals surface area contributed by atoms with Crippen LogP contribution < -0.4 is 11.1 Å². The summed E-state index contributed by atoms with van der Waals surface area (Å²) >= 11 is 3.62. The molecule has 0 unspecified atom stereocenters. The van der Waals surface area contributed by atoms with Crippen LogP contribution in [0.25, 0.3) is 0 Å². The van der Waals surface area contributed by atoms with Crippen molar-refractivity contribution < 1.29 is 43.8 Å². The van der Waals surface area contributed by atoms with Gasteiger partial charge in [0.2, 0.25) is 0 Å². The quantitative estimate of drug-likeness (QED) is 0.0901. The van der Waals surface area contributed by atoms with Crippen molar-refractivity contribution in [3.63, 3.8) is 0 Å². The number of rotatable bonds is 10. The van der Waals surface area contributed by atoms with E-state index in [-0.39, 0.29) is 33.8 Å². The van der Waals surface area contributed by atoms with Crippen LogP contribution in [0.4, 0.5) is 5.13 Å². The monoisotopic (exact) mass is 684 g/mol. The van der Waals surface area contributed by atoms with Gasteiger partial charge in [-0.25, -0.2) is 19.3 Å². The number of thiazole rings is 1. The van der Waals surface area contributed by atoms with Crippen molar-refractivity contribution in [2.45, 2.75) is 50.8 Å². The molecule has 2 aromatic heterocycles. The zero-order valence-electron chi connectivity index (χ0n) is 25.1. The fourth-order valence-electron chi connectivity index (χ4n) is 3.67. The highest BCUT2D eigenvalue weighted by atomic mass is 32.2. The summed E-state index contributed by atoms with van der Waals surface area (Å²) in [6, 6.07) is -0.972. The Bertz CT molecular complexity index is 1550. The molecule has 1 saturated heterocycles. The molecular formula is C25H32N8O9S3. The Morgan fingerprint density at radius 1 is 1.22 bits per heavy atom. The van der Waals surface area contributed by atoms with Crippen LogP contribution in [0.5, 0.6) is 0 Å². The lowest BCUT2D eigenvalue weighted by atomic mass is 9.98. The third-order valence-corrected chi connectivity index (χ3v) is 9.09. The molecule has 0 radical (unpaired) electrons. The van der Waals surface area contributed by atoms with E-state index in [1.54, 1.807) is 20.8 Å². The molecule has 0 saturated carbocycles. The summed E-state index contributed by atoms with van der Waals surface area (Å²) in [5.41, 5.74) is 5.43. The van der Waals surface area contributed by atoms with E-state index < -0.39 is 46.6 Å². The normalized spacial score (nSPS) is 17.9. The maximum absolute atomic E-state index is 13.0. The summed E-state index contributed by atoms with van der Waals surface area (Å²) in [6.45, 7) is 7.24. The molecule has 244 valence electrons. The second-order valence-corrected chi connectivity index (χ2v) is 13.1. The third-order valence-electron chi connectivity index (χ3n) is 6.02. The lowest BCUT2D eigenvalue weighted by Gasteiger charge is -2.49. The highest BCUT2D eigenvalue weighted by molar-refractivity contribution is 8.01. The van der Waals surface area contributed by atoms with Crippen LogP contribution in [-0.4, -0.2) is 107 Å². The van der Waals surface area contributed by atoms with Gasteiger partial charge in [-0.3, -0.25) is 19.3 Å². The van der Waals surface area contributed by atoms with Gasteiger partial charge in [-0.15, -0.1) is 28.2 Å². The minimum absolute atomic E-state index is 0.101. The van der Waals surface area contributed by atoms with E-state index in [1.807, 2.05) is 6.92 Å². The number of carboxylic acid groups (broad SMARTS) is 2. The zero-order valence-corrected chi connectivity index (χ0v) is 27.5. The maximum Gasteiger partial charge on any atom is 0.377 e. The molecule has 2 amide bonds. The molecule has 2 aliphatic heterocycles. The topological polar surface area (TPSA) is 242 Å². The second-order valence-electron chi connectivity index (χ2n) is 10.2. The number of esters is 1. The minimum Gasteiger partial charge on any atom is -0.481 e. The number of nitrogens with one attached hydrogen (secondary N) is 1. The summed E-state index contributed by atoms with van der Waals surface area (Å²) in [4.78, 5) is 74.0. The molecule has 20 heteroatoms. The van der Waals surface area contributed by atoms with Crippen molar-refractivity contribution >= 4 is 75.4 Å². The van der Waals surface area contributed by atoms with Crippen LogP contribution in [0.3, 0.4) is 0 Å². The number of β-lactam (4-membered cyclic amide) rings is 1. The van der Waals surface area contributed by atoms with Gasteiger partial charge in [-0.2, -0.15) is 4.98 Å². The number of methoxy groups -OCH3 is 1. The fourth-order valence-corrected chi connectivity index (χ4v) is 6.70. The molecule has 0 spiro atoms. The van der Waals surface area contributed by atoms with Gasteiger partial charge >= 0.3 is 17.9 Å². The number of hydrogen-bond acceptors (Lipinski definition) is 15. The number of anilines is 1. The number of aryl methyl sites for hydroxylation is 1. The fraction of sp³-hybridized carbons (Fsp3) is 0.480. The predicted molar refractivity (Wildman–Crippen MR) is 165 cm³/mol. The first-order chi connectivity index (χ1) is 21.1. The number of fused-ring (bicyclic) bond motifs is 1. The molecule has 0 aromatic carbocycles. The van der Waals surface area contributed by atoms with Crippen molar-refractivity contribution in [1.82, 2.24) is 30.0 Å². The lowest BCUT2D eigenvalue weighted by molar-refractivity contribution is -0.150. The Kier molecular flexibility index (Phi) is 11.6. The number of carboxylic acids is 2. The van der Waals surface area contributed by atoms with Crippen LogP contribution in [0, 0.1) is 5.41 Å². The van der Waals surface area contributed by atoms with E-state index in [4.69, 9.17) is 15.7 Å². The number of aliphatic carboxylic acids is 2. The Labute approximate surface area is 269 Å². The summed E-state index contributed by atoms with van der Waals surface area (Å²) in [5.74, 6) is -3.61. The van der Waals surface area contributed by atoms with Crippen LogP contribution in [0.15, 0.2) is 27.0 Å². The summed E-state index contributed by atoms with van der Waals surface area (Å²) < 4.78 is 6.16. The van der Waals surface area contributed by atoms with Crippen molar-refractivity contribution in [3.8, 4) is 0 Å². The van der Waals surface area contributed by atoms with Crippen molar-refractivity contribution in [2.24, 2.45) is 10.6 Å². The highest BCUT2D eigenvalue weighted by Gasteiger charge is 2.54. The number of hydrogen-bond donors (Lipinski definition) is 4. The summed E-state index contributed by atoms with van der Waals surface area (Å²) in [5, 5.41) is 30.1. The summed E-state index contributed by atoms with van der Waals surface area (Å²) in [6.07, 6.45) is 0. The Balaban J connectivity index is 0.000000707. The molecule has 5 N–H and O–H groups in total. The van der Waals surface area contributed by atoms with Gasteiger partial charge in [0.25, 0.3) is 17.6 Å². The number of oxime groups is 1. The van der Waals surface area contributed by atoms with E-state index >= 15 is 0 Å². The molecule has 4 rings (SSSR count). The number of carbonyl (C=O) groups excluding carboxylic acids is 3. The Morgan fingerprint density at radius 3 is 2.40 bits per heavy atom. The van der Waals surface area contributed by atoms with Crippen molar-refractivity contribution in [2.75, 3.05) is 31.5 Å². The molecule has 2 atom stereocenters. The number of thioether (sulfide) groups is 2. The van der Waals surface area contributed by atoms with Crippen LogP contribution >= 0.6 is 34.9 Å². The first-order valence-corrected chi connectivity index (χ1v) is 16.0. The van der Waals surface area contributed by atoms with Gasteiger partial charge in [-0.05, 0) is 33.3 Å². The molecular weight excluding hydrogens is 653 g/mol. The van der Waals surface area contributed by atoms with Gasteiger partial charge in [0.15, 0.2) is 16.0 Å². The first kappa shape index (κ1) is 35.3. The number of ether oxygens (including phenoxy) is 1. The van der Waals surface area contributed by atoms with Gasteiger partial charge in [0.05, 0.1) is 12.5 Å². The molecule has 4 heterocycles. The van der Waals surface area contributed by atoms with Gasteiger partial charge in [0, 0.05) is 23.4 Å². The van der Waals surface area contributed by atoms with E-state index in [0.717, 1.165) is 16.2 Å². The molecule has 0 bridgehead atoms. The molecule has 0 aliphatic carbocycles. The Morgan fingerprint density at radius 2 is 1.89 bits per heavy atom. The van der Waals surface area contributed by atoms with Gasteiger partial charge in [-0.1, -0.05) is 16.9 Å². The number of nitrogen functional groups attached to an aromatic ring is 1. The SMILES string of the molecule is CC(C)(C)C(=O)O.CCn1nc(C(=O)OC)nc1SCC1=C(C(=O)O)N2C(=O)[C@@H](NC(=O)C(=NOC)c3csc(N)n3)[C@H]2SC1. The van der Waals surface area contributed by atoms with E-state index in [0.29, 0.717) is 23.0 Å². The average molecular weight is 685 g/mol.